The Hall–Kier alpha value is -1.31. The van der Waals surface area contributed by atoms with Crippen LogP contribution in [-0.4, -0.2) is 39.6 Å². The van der Waals surface area contributed by atoms with E-state index in [1.165, 1.54) is 11.0 Å². The summed E-state index contributed by atoms with van der Waals surface area (Å²) in [5.74, 6) is -1.51. The Balaban J connectivity index is 2.31. The van der Waals surface area contributed by atoms with Gasteiger partial charge in [-0.1, -0.05) is 0 Å². The molecule has 0 saturated carbocycles. The van der Waals surface area contributed by atoms with Gasteiger partial charge in [-0.25, -0.2) is 4.79 Å². The van der Waals surface area contributed by atoms with Crippen LogP contribution in [0.15, 0.2) is 18.2 Å². The zero-order valence-corrected chi connectivity index (χ0v) is 12.3. The lowest BCUT2D eigenvalue weighted by Crippen LogP contribution is -2.48. The number of carboxylic acids is 1. The third kappa shape index (κ3) is 2.99. The van der Waals surface area contributed by atoms with E-state index < -0.39 is 17.9 Å². The Bertz CT molecular complexity index is 517. The van der Waals surface area contributed by atoms with Crippen molar-refractivity contribution in [3.8, 4) is 5.75 Å². The molecule has 1 fully saturated rings. The molecule has 1 amide bonds. The fourth-order valence-corrected chi connectivity index (χ4v) is 2.76. The van der Waals surface area contributed by atoms with Crippen molar-refractivity contribution in [1.29, 1.82) is 0 Å². The van der Waals surface area contributed by atoms with Crippen LogP contribution in [0, 0.1) is 3.57 Å². The predicted octanol–water partition coefficient (Wildman–Crippen LogP) is 2.08. The number of carboxylic acid groups (broad SMARTS) is 1. The average Bonchev–Trinajstić information content (AvgIpc) is 2.40. The molecule has 102 valence electrons. The molecular formula is C13H14INO4. The topological polar surface area (TPSA) is 77.8 Å². The Morgan fingerprint density at radius 2 is 2.05 bits per heavy atom. The summed E-state index contributed by atoms with van der Waals surface area (Å²) in [6, 6.07) is 3.93. The summed E-state index contributed by atoms with van der Waals surface area (Å²) in [6.07, 6.45) is 2.06. The van der Waals surface area contributed by atoms with Crippen LogP contribution in [-0.2, 0) is 4.79 Å². The highest BCUT2D eigenvalue weighted by molar-refractivity contribution is 14.1. The SMILES string of the molecule is O=C(O)[C@@H]1CCCCN1C(=O)c1cc(I)ccc1O. The largest absolute Gasteiger partial charge is 0.507 e. The zero-order chi connectivity index (χ0) is 14.0. The number of piperidine rings is 1. The number of carbonyl (C=O) groups is 2. The van der Waals surface area contributed by atoms with E-state index in [0.29, 0.717) is 13.0 Å². The standard InChI is InChI=1S/C13H14INO4/c14-8-4-5-11(16)9(7-8)12(17)15-6-2-1-3-10(15)13(18)19/h4-5,7,10,16H,1-3,6H2,(H,18,19)/t10-/m0/s1. The predicted molar refractivity (Wildman–Crippen MR) is 77.1 cm³/mol. The molecule has 5 nitrogen and oxygen atoms in total. The number of rotatable bonds is 2. The van der Waals surface area contributed by atoms with Crippen molar-refractivity contribution < 1.29 is 19.8 Å². The first kappa shape index (κ1) is 14.1. The van der Waals surface area contributed by atoms with Crippen LogP contribution < -0.4 is 0 Å². The maximum Gasteiger partial charge on any atom is 0.326 e. The molecule has 1 aliphatic rings. The van der Waals surface area contributed by atoms with Gasteiger partial charge in [0.1, 0.15) is 11.8 Å². The third-order valence-corrected chi connectivity index (χ3v) is 3.91. The summed E-state index contributed by atoms with van der Waals surface area (Å²) >= 11 is 2.05. The fraction of sp³-hybridized carbons (Fsp3) is 0.385. The van der Waals surface area contributed by atoms with Gasteiger partial charge in [-0.05, 0) is 60.1 Å². The Morgan fingerprint density at radius 3 is 2.74 bits per heavy atom. The average molecular weight is 375 g/mol. The third-order valence-electron chi connectivity index (χ3n) is 3.24. The second-order valence-electron chi connectivity index (χ2n) is 4.51. The smallest absolute Gasteiger partial charge is 0.326 e. The summed E-state index contributed by atoms with van der Waals surface area (Å²) in [7, 11) is 0. The maximum atomic E-state index is 12.4. The first-order valence-corrected chi connectivity index (χ1v) is 7.11. The van der Waals surface area contributed by atoms with Gasteiger partial charge in [-0.3, -0.25) is 4.79 Å². The van der Waals surface area contributed by atoms with Crippen molar-refractivity contribution in [2.75, 3.05) is 6.54 Å². The molecule has 1 aliphatic heterocycles. The van der Waals surface area contributed by atoms with E-state index in [-0.39, 0.29) is 11.3 Å². The van der Waals surface area contributed by atoms with Crippen LogP contribution in [0.3, 0.4) is 0 Å². The number of carbonyl (C=O) groups excluding carboxylic acids is 1. The van der Waals surface area contributed by atoms with Crippen molar-refractivity contribution in [3.63, 3.8) is 0 Å². The van der Waals surface area contributed by atoms with Crippen molar-refractivity contribution >= 4 is 34.5 Å². The lowest BCUT2D eigenvalue weighted by atomic mass is 10.0. The number of hydrogen-bond donors (Lipinski definition) is 2. The van der Waals surface area contributed by atoms with E-state index in [1.54, 1.807) is 12.1 Å². The molecular weight excluding hydrogens is 361 g/mol. The Kier molecular flexibility index (Phi) is 4.28. The molecule has 1 saturated heterocycles. The molecule has 0 bridgehead atoms. The van der Waals surface area contributed by atoms with Gasteiger partial charge in [-0.15, -0.1) is 0 Å². The lowest BCUT2D eigenvalue weighted by Gasteiger charge is -2.33. The first-order valence-electron chi connectivity index (χ1n) is 6.03. The molecule has 0 aromatic heterocycles. The monoisotopic (exact) mass is 375 g/mol. The van der Waals surface area contributed by atoms with E-state index >= 15 is 0 Å². The van der Waals surface area contributed by atoms with Crippen molar-refractivity contribution in [2.45, 2.75) is 25.3 Å². The molecule has 1 atom stereocenters. The van der Waals surface area contributed by atoms with Crippen molar-refractivity contribution in [2.24, 2.45) is 0 Å². The number of benzene rings is 1. The number of amides is 1. The molecule has 6 heteroatoms. The number of nitrogens with zero attached hydrogens (tertiary/aromatic N) is 1. The molecule has 2 rings (SSSR count). The molecule has 1 heterocycles. The van der Waals surface area contributed by atoms with Crippen LogP contribution in [0.2, 0.25) is 0 Å². The molecule has 1 aromatic carbocycles. The van der Waals surface area contributed by atoms with Crippen LogP contribution in [0.25, 0.3) is 0 Å². The van der Waals surface area contributed by atoms with Crippen LogP contribution in [0.5, 0.6) is 5.75 Å². The molecule has 0 radical (unpaired) electrons. The van der Waals surface area contributed by atoms with Crippen LogP contribution in [0.1, 0.15) is 29.6 Å². The highest BCUT2D eigenvalue weighted by atomic mass is 127. The maximum absolute atomic E-state index is 12.4. The highest BCUT2D eigenvalue weighted by Gasteiger charge is 2.33. The number of hydrogen-bond acceptors (Lipinski definition) is 3. The van der Waals surface area contributed by atoms with Gasteiger partial charge in [-0.2, -0.15) is 0 Å². The van der Waals surface area contributed by atoms with Gasteiger partial charge in [0.15, 0.2) is 0 Å². The summed E-state index contributed by atoms with van der Waals surface area (Å²) in [4.78, 5) is 24.9. The fourth-order valence-electron chi connectivity index (χ4n) is 2.27. The Labute approximate surface area is 124 Å². The first-order chi connectivity index (χ1) is 9.00. The molecule has 19 heavy (non-hydrogen) atoms. The van der Waals surface area contributed by atoms with E-state index in [9.17, 15) is 19.8 Å². The summed E-state index contributed by atoms with van der Waals surface area (Å²) in [6.45, 7) is 0.417. The van der Waals surface area contributed by atoms with E-state index in [4.69, 9.17) is 0 Å². The van der Waals surface area contributed by atoms with E-state index in [1.807, 2.05) is 22.6 Å². The van der Waals surface area contributed by atoms with Crippen molar-refractivity contribution in [3.05, 3.63) is 27.3 Å². The van der Waals surface area contributed by atoms with Gasteiger partial charge in [0.25, 0.3) is 5.91 Å². The van der Waals surface area contributed by atoms with Gasteiger partial charge < -0.3 is 15.1 Å². The van der Waals surface area contributed by atoms with Gasteiger partial charge in [0.2, 0.25) is 0 Å². The van der Waals surface area contributed by atoms with Crippen molar-refractivity contribution in [1.82, 2.24) is 4.90 Å². The molecule has 2 N–H and O–H groups in total. The van der Waals surface area contributed by atoms with Gasteiger partial charge in [0.05, 0.1) is 5.56 Å². The summed E-state index contributed by atoms with van der Waals surface area (Å²) in [5, 5.41) is 18.9. The zero-order valence-electron chi connectivity index (χ0n) is 10.2. The van der Waals surface area contributed by atoms with Crippen LogP contribution in [0.4, 0.5) is 0 Å². The number of halogens is 1. The van der Waals surface area contributed by atoms with Gasteiger partial charge in [0, 0.05) is 10.1 Å². The molecule has 1 aromatic rings. The number of phenolic OH excluding ortho intramolecular Hbond substituents is 1. The number of phenols is 1. The highest BCUT2D eigenvalue weighted by Crippen LogP contribution is 2.25. The van der Waals surface area contributed by atoms with Crippen LogP contribution >= 0.6 is 22.6 Å². The lowest BCUT2D eigenvalue weighted by molar-refractivity contribution is -0.143. The van der Waals surface area contributed by atoms with E-state index in [2.05, 4.69) is 0 Å². The second-order valence-corrected chi connectivity index (χ2v) is 5.76. The van der Waals surface area contributed by atoms with Gasteiger partial charge >= 0.3 is 5.97 Å². The minimum absolute atomic E-state index is 0.111. The second kappa shape index (κ2) is 5.77. The minimum Gasteiger partial charge on any atom is -0.507 e. The number of aliphatic carboxylic acids is 1. The summed E-state index contributed by atoms with van der Waals surface area (Å²) in [5.41, 5.74) is 0.167. The minimum atomic E-state index is -0.988. The Morgan fingerprint density at radius 1 is 1.32 bits per heavy atom. The normalized spacial score (nSPS) is 19.2. The quantitative estimate of drug-likeness (QED) is 0.776. The van der Waals surface area contributed by atoms with E-state index in [0.717, 1.165) is 16.4 Å². The molecule has 0 spiro atoms. The molecule has 0 aliphatic carbocycles. The number of likely N-dealkylation sites (tertiary alicyclic amines) is 1. The summed E-state index contributed by atoms with van der Waals surface area (Å²) < 4.78 is 0.822. The molecule has 0 unspecified atom stereocenters. The number of aromatic hydroxyl groups is 1.